The summed E-state index contributed by atoms with van der Waals surface area (Å²) < 4.78 is 11.0. The third-order valence-corrected chi connectivity index (χ3v) is 2.68. The molecule has 2 heterocycles. The molecule has 0 bridgehead atoms. The molecule has 0 unspecified atom stereocenters. The Morgan fingerprint density at radius 1 is 1.13 bits per heavy atom. The van der Waals surface area contributed by atoms with Crippen molar-refractivity contribution in [3.8, 4) is 11.5 Å². The molecular weight excluding hydrogens is 214 g/mol. The molecule has 2 aromatic rings. The highest BCUT2D eigenvalue weighted by Crippen LogP contribution is 2.36. The molecule has 15 heavy (non-hydrogen) atoms. The summed E-state index contributed by atoms with van der Waals surface area (Å²) in [6, 6.07) is 5.70. The van der Waals surface area contributed by atoms with E-state index >= 15 is 0 Å². The van der Waals surface area contributed by atoms with Crippen LogP contribution in [0.4, 0.5) is 0 Å². The fraction of sp³-hybridized carbons (Fsp3) is 0.182. The predicted octanol–water partition coefficient (Wildman–Crippen LogP) is 2.66. The summed E-state index contributed by atoms with van der Waals surface area (Å²) >= 11 is 5.99. The van der Waals surface area contributed by atoms with Gasteiger partial charge < -0.3 is 9.47 Å². The number of ether oxygens (including phenoxy) is 2. The first-order valence-electron chi connectivity index (χ1n) is 4.68. The average Bonchev–Trinajstić information content (AvgIpc) is 2.27. The van der Waals surface area contributed by atoms with Crippen molar-refractivity contribution in [2.24, 2.45) is 0 Å². The summed E-state index contributed by atoms with van der Waals surface area (Å²) in [6.45, 7) is 1.17. The maximum atomic E-state index is 5.99. The van der Waals surface area contributed by atoms with E-state index in [4.69, 9.17) is 21.1 Å². The first kappa shape index (κ1) is 8.80. The topological polar surface area (TPSA) is 31.4 Å². The Hall–Kier alpha value is -1.48. The Kier molecular flexibility index (Phi) is 1.92. The van der Waals surface area contributed by atoms with Crippen LogP contribution in [-0.4, -0.2) is 18.2 Å². The van der Waals surface area contributed by atoms with Crippen molar-refractivity contribution in [1.29, 1.82) is 0 Å². The Labute approximate surface area is 91.6 Å². The SMILES string of the molecule is Clc1nccc2cc3c(cc12)OCCO3. The van der Waals surface area contributed by atoms with Crippen LogP contribution in [0.1, 0.15) is 0 Å². The zero-order valence-electron chi connectivity index (χ0n) is 7.87. The van der Waals surface area contributed by atoms with Gasteiger partial charge in [0.05, 0.1) is 0 Å². The summed E-state index contributed by atoms with van der Waals surface area (Å²) in [5.41, 5.74) is 0. The molecule has 0 aliphatic carbocycles. The molecule has 1 aliphatic rings. The number of rotatable bonds is 0. The minimum absolute atomic E-state index is 0.490. The minimum atomic E-state index is 0.490. The van der Waals surface area contributed by atoms with Gasteiger partial charge in [-0.25, -0.2) is 4.98 Å². The number of aromatic nitrogens is 1. The van der Waals surface area contributed by atoms with Crippen molar-refractivity contribution < 1.29 is 9.47 Å². The van der Waals surface area contributed by atoms with Crippen molar-refractivity contribution in [1.82, 2.24) is 4.98 Å². The van der Waals surface area contributed by atoms with Crippen molar-refractivity contribution in [3.05, 3.63) is 29.5 Å². The quantitative estimate of drug-likeness (QED) is 0.641. The van der Waals surface area contributed by atoms with E-state index in [0.717, 1.165) is 22.3 Å². The van der Waals surface area contributed by atoms with Gasteiger partial charge in [0.15, 0.2) is 11.5 Å². The minimum Gasteiger partial charge on any atom is -0.486 e. The standard InChI is InChI=1S/C11H8ClNO2/c12-11-8-6-10-9(14-3-4-15-10)5-7(8)1-2-13-11/h1-2,5-6H,3-4H2. The largest absolute Gasteiger partial charge is 0.486 e. The van der Waals surface area contributed by atoms with Gasteiger partial charge in [-0.05, 0) is 23.6 Å². The molecule has 0 N–H and O–H groups in total. The second-order valence-corrected chi connectivity index (χ2v) is 3.68. The molecule has 1 aliphatic heterocycles. The van der Waals surface area contributed by atoms with Crippen molar-refractivity contribution >= 4 is 22.4 Å². The fourth-order valence-electron chi connectivity index (χ4n) is 1.67. The van der Waals surface area contributed by atoms with Crippen molar-refractivity contribution in [2.75, 3.05) is 13.2 Å². The van der Waals surface area contributed by atoms with E-state index in [2.05, 4.69) is 4.98 Å². The van der Waals surface area contributed by atoms with Crippen molar-refractivity contribution in [3.63, 3.8) is 0 Å². The van der Waals surface area contributed by atoms with Gasteiger partial charge in [0.2, 0.25) is 0 Å². The number of hydrogen-bond donors (Lipinski definition) is 0. The predicted molar refractivity (Wildman–Crippen MR) is 57.7 cm³/mol. The molecule has 0 amide bonds. The molecule has 3 rings (SSSR count). The van der Waals surface area contributed by atoms with E-state index in [1.807, 2.05) is 18.2 Å². The van der Waals surface area contributed by atoms with Crippen LogP contribution in [0.5, 0.6) is 11.5 Å². The van der Waals surface area contributed by atoms with E-state index in [1.165, 1.54) is 0 Å². The van der Waals surface area contributed by atoms with Gasteiger partial charge >= 0.3 is 0 Å². The maximum absolute atomic E-state index is 5.99. The molecule has 76 valence electrons. The molecule has 0 saturated carbocycles. The van der Waals surface area contributed by atoms with Crippen LogP contribution in [0.3, 0.4) is 0 Å². The van der Waals surface area contributed by atoms with E-state index in [9.17, 15) is 0 Å². The molecule has 0 spiro atoms. The van der Waals surface area contributed by atoms with E-state index in [1.54, 1.807) is 6.20 Å². The van der Waals surface area contributed by atoms with Gasteiger partial charge in [-0.2, -0.15) is 0 Å². The third kappa shape index (κ3) is 1.39. The van der Waals surface area contributed by atoms with Gasteiger partial charge in [0.25, 0.3) is 0 Å². The van der Waals surface area contributed by atoms with Crippen LogP contribution >= 0.6 is 11.6 Å². The first-order valence-corrected chi connectivity index (χ1v) is 5.06. The maximum Gasteiger partial charge on any atom is 0.162 e. The number of nitrogens with zero attached hydrogens (tertiary/aromatic N) is 1. The molecule has 1 aromatic carbocycles. The monoisotopic (exact) mass is 221 g/mol. The van der Waals surface area contributed by atoms with Crippen molar-refractivity contribution in [2.45, 2.75) is 0 Å². The molecule has 4 heteroatoms. The molecular formula is C11H8ClNO2. The van der Waals surface area contributed by atoms with Crippen LogP contribution in [0.2, 0.25) is 5.15 Å². The van der Waals surface area contributed by atoms with E-state index < -0.39 is 0 Å². The Morgan fingerprint density at radius 2 is 1.87 bits per heavy atom. The summed E-state index contributed by atoms with van der Waals surface area (Å²) in [5.74, 6) is 1.51. The highest BCUT2D eigenvalue weighted by atomic mass is 35.5. The molecule has 0 saturated heterocycles. The normalized spacial score (nSPS) is 14.2. The Balaban J connectivity index is 2.31. The van der Waals surface area contributed by atoms with Gasteiger partial charge in [0.1, 0.15) is 18.4 Å². The summed E-state index contributed by atoms with van der Waals surface area (Å²) in [7, 11) is 0. The molecule has 0 fully saturated rings. The number of halogens is 1. The highest BCUT2D eigenvalue weighted by molar-refractivity contribution is 6.34. The van der Waals surface area contributed by atoms with Crippen LogP contribution in [0.15, 0.2) is 24.4 Å². The summed E-state index contributed by atoms with van der Waals surface area (Å²) in [6.07, 6.45) is 1.68. The Bertz CT molecular complexity index is 527. The second kappa shape index (κ2) is 3.28. The number of fused-ring (bicyclic) bond motifs is 2. The first-order chi connectivity index (χ1) is 7.34. The molecule has 1 aromatic heterocycles. The zero-order chi connectivity index (χ0) is 10.3. The van der Waals surface area contributed by atoms with Crippen LogP contribution in [-0.2, 0) is 0 Å². The van der Waals surface area contributed by atoms with Crippen LogP contribution in [0.25, 0.3) is 10.8 Å². The smallest absolute Gasteiger partial charge is 0.162 e. The lowest BCUT2D eigenvalue weighted by Crippen LogP contribution is -2.15. The highest BCUT2D eigenvalue weighted by Gasteiger charge is 2.13. The molecule has 0 atom stereocenters. The number of pyridine rings is 1. The summed E-state index contributed by atoms with van der Waals surface area (Å²) in [4.78, 5) is 4.03. The van der Waals surface area contributed by atoms with Gasteiger partial charge in [-0.15, -0.1) is 0 Å². The van der Waals surface area contributed by atoms with Crippen LogP contribution in [0, 0.1) is 0 Å². The lowest BCUT2D eigenvalue weighted by Gasteiger charge is -2.18. The number of benzene rings is 1. The number of hydrogen-bond acceptors (Lipinski definition) is 3. The zero-order valence-corrected chi connectivity index (χ0v) is 8.62. The second-order valence-electron chi connectivity index (χ2n) is 3.32. The lowest BCUT2D eigenvalue weighted by molar-refractivity contribution is 0.172. The Morgan fingerprint density at radius 3 is 2.67 bits per heavy atom. The fourth-order valence-corrected chi connectivity index (χ4v) is 1.89. The lowest BCUT2D eigenvalue weighted by atomic mass is 10.1. The molecule has 0 radical (unpaired) electrons. The third-order valence-electron chi connectivity index (χ3n) is 2.38. The van der Waals surface area contributed by atoms with Gasteiger partial charge in [-0.3, -0.25) is 0 Å². The van der Waals surface area contributed by atoms with Crippen LogP contribution < -0.4 is 9.47 Å². The van der Waals surface area contributed by atoms with Gasteiger partial charge in [0, 0.05) is 11.6 Å². The van der Waals surface area contributed by atoms with E-state index in [-0.39, 0.29) is 0 Å². The van der Waals surface area contributed by atoms with Gasteiger partial charge in [-0.1, -0.05) is 11.6 Å². The van der Waals surface area contributed by atoms with E-state index in [0.29, 0.717) is 18.4 Å². The molecule has 3 nitrogen and oxygen atoms in total. The average molecular weight is 222 g/mol. The summed E-state index contributed by atoms with van der Waals surface area (Å²) in [5, 5.41) is 2.40.